The van der Waals surface area contributed by atoms with Crippen LogP contribution in [0.25, 0.3) is 21.9 Å². The van der Waals surface area contributed by atoms with Crippen molar-refractivity contribution in [1.82, 2.24) is 4.90 Å². The third-order valence-corrected chi connectivity index (χ3v) is 4.59. The van der Waals surface area contributed by atoms with E-state index in [4.69, 9.17) is 14.9 Å². The summed E-state index contributed by atoms with van der Waals surface area (Å²) in [5.41, 5.74) is 8.87. The van der Waals surface area contributed by atoms with Crippen molar-refractivity contribution in [3.05, 3.63) is 48.0 Å². The lowest BCUT2D eigenvalue weighted by molar-refractivity contribution is -0.0334. The maximum Gasteiger partial charge on any atom is 0.139 e. The molecule has 0 radical (unpaired) electrons. The number of benzene rings is 2. The molecule has 1 aliphatic rings. The largest absolute Gasteiger partial charge is 0.456 e. The van der Waals surface area contributed by atoms with Crippen LogP contribution in [0.2, 0.25) is 0 Å². The molecule has 1 fully saturated rings. The highest BCUT2D eigenvalue weighted by Crippen LogP contribution is 2.31. The summed E-state index contributed by atoms with van der Waals surface area (Å²) in [6, 6.07) is 14.7. The Morgan fingerprint density at radius 3 is 2.87 bits per heavy atom. The molecule has 1 aromatic heterocycles. The van der Waals surface area contributed by atoms with Crippen LogP contribution in [0, 0.1) is 0 Å². The second-order valence-electron chi connectivity index (χ2n) is 6.20. The lowest BCUT2D eigenvalue weighted by Crippen LogP contribution is -2.42. The minimum Gasteiger partial charge on any atom is -0.456 e. The molecule has 4 rings (SSSR count). The van der Waals surface area contributed by atoms with Gasteiger partial charge in [0.1, 0.15) is 11.2 Å². The van der Waals surface area contributed by atoms with E-state index in [1.54, 1.807) is 0 Å². The fourth-order valence-electron chi connectivity index (χ4n) is 3.46. The van der Waals surface area contributed by atoms with Gasteiger partial charge in [-0.15, -0.1) is 0 Å². The van der Waals surface area contributed by atoms with E-state index >= 15 is 0 Å². The molecule has 0 unspecified atom stereocenters. The van der Waals surface area contributed by atoms with Gasteiger partial charge in [-0.05, 0) is 19.0 Å². The zero-order valence-corrected chi connectivity index (χ0v) is 13.2. The summed E-state index contributed by atoms with van der Waals surface area (Å²) in [4.78, 5) is 2.44. The summed E-state index contributed by atoms with van der Waals surface area (Å²) in [6.45, 7) is 4.24. The van der Waals surface area contributed by atoms with E-state index in [1.807, 2.05) is 12.1 Å². The molecule has 0 spiro atoms. The lowest BCUT2D eigenvalue weighted by atomic mass is 10.1. The number of morpholine rings is 1. The molecule has 0 bridgehead atoms. The normalized spacial score (nSPS) is 19.6. The van der Waals surface area contributed by atoms with Crippen molar-refractivity contribution in [2.45, 2.75) is 19.1 Å². The molecule has 120 valence electrons. The molecule has 2 heterocycles. The number of ether oxygens (including phenoxy) is 1. The molecule has 0 saturated carbocycles. The predicted molar refractivity (Wildman–Crippen MR) is 92.4 cm³/mol. The van der Waals surface area contributed by atoms with Crippen LogP contribution in [0.3, 0.4) is 0 Å². The molecule has 0 aliphatic carbocycles. The van der Waals surface area contributed by atoms with E-state index in [0.29, 0.717) is 6.54 Å². The third-order valence-electron chi connectivity index (χ3n) is 4.59. The van der Waals surface area contributed by atoms with Gasteiger partial charge in [-0.25, -0.2) is 0 Å². The minimum atomic E-state index is 0.253. The Bertz CT molecular complexity index is 809. The van der Waals surface area contributed by atoms with Crippen molar-refractivity contribution >= 4 is 21.9 Å². The Kier molecular flexibility index (Phi) is 4.04. The summed E-state index contributed by atoms with van der Waals surface area (Å²) in [6.07, 6.45) is 1.18. The number of furan rings is 1. The van der Waals surface area contributed by atoms with Crippen LogP contribution < -0.4 is 5.73 Å². The molecule has 23 heavy (non-hydrogen) atoms. The standard InChI is InChI=1S/C19H22N2O2/c20-9-8-15-13-21(10-11-22-15)12-14-4-3-6-17-16-5-1-2-7-18(16)23-19(14)17/h1-7,15H,8-13,20H2/t15-/m0/s1. The van der Waals surface area contributed by atoms with Crippen LogP contribution in [0.5, 0.6) is 0 Å². The number of hydrogen-bond acceptors (Lipinski definition) is 4. The highest BCUT2D eigenvalue weighted by Gasteiger charge is 2.21. The van der Waals surface area contributed by atoms with E-state index in [1.165, 1.54) is 16.3 Å². The molecular formula is C19H22N2O2. The molecule has 0 amide bonds. The van der Waals surface area contributed by atoms with E-state index in [0.717, 1.165) is 43.8 Å². The summed E-state index contributed by atoms with van der Waals surface area (Å²) < 4.78 is 11.9. The summed E-state index contributed by atoms with van der Waals surface area (Å²) in [7, 11) is 0. The quantitative estimate of drug-likeness (QED) is 0.804. The van der Waals surface area contributed by atoms with E-state index in [2.05, 4.69) is 35.2 Å². The first-order valence-electron chi connectivity index (χ1n) is 8.28. The van der Waals surface area contributed by atoms with Crippen LogP contribution in [0.1, 0.15) is 12.0 Å². The van der Waals surface area contributed by atoms with Crippen molar-refractivity contribution in [3.8, 4) is 0 Å². The third kappa shape index (κ3) is 2.85. The average molecular weight is 310 g/mol. The highest BCUT2D eigenvalue weighted by molar-refractivity contribution is 6.05. The maximum atomic E-state index is 6.12. The van der Waals surface area contributed by atoms with Crippen molar-refractivity contribution < 1.29 is 9.15 Å². The Balaban J connectivity index is 1.64. The Morgan fingerprint density at radius 1 is 1.09 bits per heavy atom. The molecule has 3 aromatic rings. The van der Waals surface area contributed by atoms with Gasteiger partial charge in [-0.2, -0.15) is 0 Å². The van der Waals surface area contributed by atoms with Crippen LogP contribution >= 0.6 is 0 Å². The molecular weight excluding hydrogens is 288 g/mol. The number of para-hydroxylation sites is 2. The van der Waals surface area contributed by atoms with E-state index in [-0.39, 0.29) is 6.10 Å². The van der Waals surface area contributed by atoms with Gasteiger partial charge in [0.05, 0.1) is 12.7 Å². The van der Waals surface area contributed by atoms with Gasteiger partial charge in [0, 0.05) is 36.0 Å². The number of nitrogens with zero attached hydrogens (tertiary/aromatic N) is 1. The molecule has 1 saturated heterocycles. The van der Waals surface area contributed by atoms with Gasteiger partial charge >= 0.3 is 0 Å². The number of fused-ring (bicyclic) bond motifs is 3. The van der Waals surface area contributed by atoms with Gasteiger partial charge in [-0.1, -0.05) is 36.4 Å². The molecule has 1 atom stereocenters. The van der Waals surface area contributed by atoms with Crippen molar-refractivity contribution in [3.63, 3.8) is 0 Å². The molecule has 4 nitrogen and oxygen atoms in total. The topological polar surface area (TPSA) is 51.6 Å². The number of hydrogen-bond donors (Lipinski definition) is 1. The van der Waals surface area contributed by atoms with Gasteiger partial charge in [-0.3, -0.25) is 4.90 Å². The molecule has 2 aromatic carbocycles. The second kappa shape index (κ2) is 6.32. The Morgan fingerprint density at radius 2 is 1.96 bits per heavy atom. The fraction of sp³-hybridized carbons (Fsp3) is 0.368. The SMILES string of the molecule is NCC[C@H]1CN(Cc2cccc3c2oc2ccccc23)CCO1. The number of nitrogens with two attached hydrogens (primary N) is 1. The van der Waals surface area contributed by atoms with Gasteiger partial charge in [0.15, 0.2) is 0 Å². The molecule has 1 aliphatic heterocycles. The van der Waals surface area contributed by atoms with Crippen LogP contribution in [-0.2, 0) is 11.3 Å². The Labute approximate surface area is 135 Å². The molecule has 2 N–H and O–H groups in total. The summed E-state index contributed by atoms with van der Waals surface area (Å²) in [5, 5.41) is 2.39. The zero-order valence-electron chi connectivity index (χ0n) is 13.2. The van der Waals surface area contributed by atoms with Crippen LogP contribution in [-0.4, -0.2) is 37.2 Å². The summed E-state index contributed by atoms with van der Waals surface area (Å²) >= 11 is 0. The van der Waals surface area contributed by atoms with Crippen LogP contribution in [0.4, 0.5) is 0 Å². The zero-order chi connectivity index (χ0) is 15.6. The lowest BCUT2D eigenvalue weighted by Gasteiger charge is -2.32. The average Bonchev–Trinajstić information content (AvgIpc) is 2.96. The van der Waals surface area contributed by atoms with Crippen molar-refractivity contribution in [1.29, 1.82) is 0 Å². The second-order valence-corrected chi connectivity index (χ2v) is 6.20. The number of rotatable bonds is 4. The minimum absolute atomic E-state index is 0.253. The Hall–Kier alpha value is -1.88. The predicted octanol–water partition coefficient (Wildman–Crippen LogP) is 3.14. The van der Waals surface area contributed by atoms with Gasteiger partial charge < -0.3 is 14.9 Å². The van der Waals surface area contributed by atoms with Gasteiger partial charge in [0.25, 0.3) is 0 Å². The fourth-order valence-corrected chi connectivity index (χ4v) is 3.46. The van der Waals surface area contributed by atoms with Crippen molar-refractivity contribution in [2.75, 3.05) is 26.2 Å². The van der Waals surface area contributed by atoms with E-state index < -0.39 is 0 Å². The molecule has 4 heteroatoms. The monoisotopic (exact) mass is 310 g/mol. The maximum absolute atomic E-state index is 6.12. The van der Waals surface area contributed by atoms with E-state index in [9.17, 15) is 0 Å². The first-order valence-corrected chi connectivity index (χ1v) is 8.28. The smallest absolute Gasteiger partial charge is 0.139 e. The first kappa shape index (κ1) is 14.7. The van der Waals surface area contributed by atoms with Crippen molar-refractivity contribution in [2.24, 2.45) is 5.73 Å². The van der Waals surface area contributed by atoms with Crippen LogP contribution in [0.15, 0.2) is 46.9 Å². The summed E-state index contributed by atoms with van der Waals surface area (Å²) in [5.74, 6) is 0. The first-order chi connectivity index (χ1) is 11.3. The van der Waals surface area contributed by atoms with Gasteiger partial charge in [0.2, 0.25) is 0 Å². The highest BCUT2D eigenvalue weighted by atomic mass is 16.5.